The van der Waals surface area contributed by atoms with E-state index < -0.39 is 22.9 Å². The second-order valence-electron chi connectivity index (χ2n) is 5.90. The van der Waals surface area contributed by atoms with Crippen LogP contribution in [0.15, 0.2) is 39.0 Å². The Bertz CT molecular complexity index is 895. The molecule has 1 aliphatic rings. The number of benzene rings is 1. The van der Waals surface area contributed by atoms with Crippen LogP contribution >= 0.6 is 0 Å². The maximum Gasteiger partial charge on any atom is 0.335 e. The molecule has 1 aliphatic heterocycles. The van der Waals surface area contributed by atoms with Gasteiger partial charge in [0.05, 0.1) is 11.9 Å². The smallest absolute Gasteiger partial charge is 0.335 e. The molecule has 0 atom stereocenters. The number of nitrogens with zero attached hydrogens (tertiary/aromatic N) is 3. The first kappa shape index (κ1) is 16.9. The van der Waals surface area contributed by atoms with Gasteiger partial charge in [0, 0.05) is 13.1 Å². The number of nitrogens with one attached hydrogen (secondary N) is 1. The van der Waals surface area contributed by atoms with Crippen LogP contribution in [-0.2, 0) is 0 Å². The van der Waals surface area contributed by atoms with Gasteiger partial charge in [0.1, 0.15) is 11.4 Å². The van der Waals surface area contributed by atoms with Gasteiger partial charge in [0.2, 0.25) is 5.88 Å². The Morgan fingerprint density at radius 2 is 1.80 bits per heavy atom. The minimum atomic E-state index is -0.917. The van der Waals surface area contributed by atoms with E-state index in [-0.39, 0.29) is 11.3 Å². The zero-order chi connectivity index (χ0) is 17.8. The van der Waals surface area contributed by atoms with Crippen LogP contribution in [0.5, 0.6) is 5.88 Å². The van der Waals surface area contributed by atoms with Crippen molar-refractivity contribution in [2.45, 2.75) is 25.7 Å². The van der Waals surface area contributed by atoms with Gasteiger partial charge in [0.25, 0.3) is 5.56 Å². The summed E-state index contributed by atoms with van der Waals surface area (Å²) in [5.74, 6) is -1.33. The molecule has 2 N–H and O–H groups in total. The fourth-order valence-electron chi connectivity index (χ4n) is 2.82. The van der Waals surface area contributed by atoms with Crippen LogP contribution in [0.25, 0.3) is 5.69 Å². The molecule has 7 nitrogen and oxygen atoms in total. The van der Waals surface area contributed by atoms with Crippen LogP contribution in [0.4, 0.5) is 4.39 Å². The number of hydrogen-bond donors (Lipinski definition) is 2. The van der Waals surface area contributed by atoms with Crippen molar-refractivity contribution in [3.8, 4) is 11.6 Å². The Labute approximate surface area is 143 Å². The van der Waals surface area contributed by atoms with Crippen molar-refractivity contribution >= 4 is 6.21 Å². The fraction of sp³-hybridized carbons (Fsp3) is 0.353. The molecule has 0 spiro atoms. The van der Waals surface area contributed by atoms with E-state index >= 15 is 0 Å². The van der Waals surface area contributed by atoms with E-state index in [9.17, 15) is 19.1 Å². The number of para-hydroxylation sites is 1. The maximum absolute atomic E-state index is 14.0. The number of H-pyrrole nitrogens is 1. The average molecular weight is 346 g/mol. The van der Waals surface area contributed by atoms with Gasteiger partial charge in [-0.15, -0.1) is 0 Å². The first-order valence-electron chi connectivity index (χ1n) is 8.20. The molecule has 25 heavy (non-hydrogen) atoms. The summed E-state index contributed by atoms with van der Waals surface area (Å²) in [5, 5.41) is 16.4. The largest absolute Gasteiger partial charge is 0.493 e. The molecular formula is C17H19FN4O3. The van der Waals surface area contributed by atoms with Gasteiger partial charge in [-0.25, -0.2) is 13.8 Å². The molecule has 0 saturated carbocycles. The van der Waals surface area contributed by atoms with Gasteiger partial charge in [0.15, 0.2) is 0 Å². The van der Waals surface area contributed by atoms with E-state index in [0.29, 0.717) is 0 Å². The van der Waals surface area contributed by atoms with E-state index in [0.717, 1.165) is 49.4 Å². The molecule has 2 heterocycles. The minimum absolute atomic E-state index is 0.148. The third kappa shape index (κ3) is 3.62. The second-order valence-corrected chi connectivity index (χ2v) is 5.90. The van der Waals surface area contributed by atoms with E-state index in [4.69, 9.17) is 0 Å². The number of rotatable bonds is 3. The summed E-state index contributed by atoms with van der Waals surface area (Å²) >= 11 is 0. The Morgan fingerprint density at radius 3 is 2.48 bits per heavy atom. The van der Waals surface area contributed by atoms with Crippen LogP contribution in [0.3, 0.4) is 0 Å². The van der Waals surface area contributed by atoms with E-state index in [1.54, 1.807) is 0 Å². The zero-order valence-corrected chi connectivity index (χ0v) is 13.6. The third-order valence-electron chi connectivity index (χ3n) is 4.15. The Balaban J connectivity index is 2.03. The van der Waals surface area contributed by atoms with Gasteiger partial charge in [-0.1, -0.05) is 25.0 Å². The van der Waals surface area contributed by atoms with E-state index in [1.807, 2.05) is 5.01 Å². The molecule has 132 valence electrons. The van der Waals surface area contributed by atoms with Crippen LogP contribution in [0.1, 0.15) is 31.2 Å². The van der Waals surface area contributed by atoms with E-state index in [2.05, 4.69) is 10.1 Å². The quantitative estimate of drug-likeness (QED) is 0.826. The van der Waals surface area contributed by atoms with Crippen molar-refractivity contribution in [2.24, 2.45) is 5.10 Å². The van der Waals surface area contributed by atoms with Gasteiger partial charge < -0.3 is 5.11 Å². The lowest BCUT2D eigenvalue weighted by atomic mass is 10.2. The lowest BCUT2D eigenvalue weighted by molar-refractivity contribution is 0.302. The molecule has 3 rings (SSSR count). The van der Waals surface area contributed by atoms with Crippen LogP contribution in [-0.4, -0.2) is 39.0 Å². The molecule has 1 fully saturated rings. The topological polar surface area (TPSA) is 90.7 Å². The number of hydrogen-bond acceptors (Lipinski definition) is 5. The van der Waals surface area contributed by atoms with E-state index in [1.165, 1.54) is 24.4 Å². The first-order chi connectivity index (χ1) is 12.1. The summed E-state index contributed by atoms with van der Waals surface area (Å²) in [6.07, 6.45) is 5.51. The highest BCUT2D eigenvalue weighted by atomic mass is 19.1. The molecule has 2 aromatic rings. The van der Waals surface area contributed by atoms with Gasteiger partial charge >= 0.3 is 5.69 Å². The average Bonchev–Trinajstić information content (AvgIpc) is 2.85. The molecule has 0 aliphatic carbocycles. The predicted octanol–water partition coefficient (Wildman–Crippen LogP) is 1.58. The van der Waals surface area contributed by atoms with Crippen molar-refractivity contribution < 1.29 is 9.50 Å². The lowest BCUT2D eigenvalue weighted by Gasteiger charge is -2.15. The fourth-order valence-corrected chi connectivity index (χ4v) is 2.82. The molecular weight excluding hydrogens is 327 g/mol. The highest BCUT2D eigenvalue weighted by Gasteiger charge is 2.17. The number of hydrazone groups is 1. The van der Waals surface area contributed by atoms with Gasteiger partial charge in [-0.05, 0) is 25.0 Å². The van der Waals surface area contributed by atoms with Crippen molar-refractivity contribution in [1.82, 2.24) is 14.6 Å². The molecule has 0 radical (unpaired) electrons. The Kier molecular flexibility index (Phi) is 4.97. The Morgan fingerprint density at radius 1 is 1.12 bits per heavy atom. The third-order valence-corrected chi connectivity index (χ3v) is 4.15. The second kappa shape index (κ2) is 7.33. The predicted molar refractivity (Wildman–Crippen MR) is 91.9 cm³/mol. The maximum atomic E-state index is 14.0. The van der Waals surface area contributed by atoms with Crippen molar-refractivity contribution in [2.75, 3.05) is 13.1 Å². The van der Waals surface area contributed by atoms with Gasteiger partial charge in [-0.3, -0.25) is 14.8 Å². The summed E-state index contributed by atoms with van der Waals surface area (Å²) in [6.45, 7) is 1.53. The standard InChI is InChI=1S/C17H19FN4O3/c18-13-7-3-4-8-14(13)22-16(24)12(15(23)20-17(22)25)11-19-21-9-5-1-2-6-10-21/h3-4,7-8,11,24H,1-2,5-6,9-10H2,(H,20,23,25)/b19-11+. The highest BCUT2D eigenvalue weighted by Crippen LogP contribution is 2.18. The first-order valence-corrected chi connectivity index (χ1v) is 8.20. The molecule has 0 amide bonds. The molecule has 0 bridgehead atoms. The summed E-state index contributed by atoms with van der Waals surface area (Å²) < 4.78 is 14.7. The highest BCUT2D eigenvalue weighted by molar-refractivity contribution is 5.82. The summed E-state index contributed by atoms with van der Waals surface area (Å²) in [6, 6.07) is 5.50. The molecule has 8 heteroatoms. The van der Waals surface area contributed by atoms with Crippen LogP contribution in [0, 0.1) is 5.82 Å². The molecule has 1 saturated heterocycles. The SMILES string of the molecule is O=c1[nH]c(=O)n(-c2ccccc2F)c(O)c1/C=N/N1CCCCCC1. The monoisotopic (exact) mass is 346 g/mol. The van der Waals surface area contributed by atoms with Crippen molar-refractivity contribution in [3.05, 3.63) is 56.5 Å². The van der Waals surface area contributed by atoms with Crippen molar-refractivity contribution in [3.63, 3.8) is 0 Å². The number of halogens is 1. The summed E-state index contributed by atoms with van der Waals surface area (Å²) in [7, 11) is 0. The minimum Gasteiger partial charge on any atom is -0.493 e. The Hall–Kier alpha value is -2.90. The van der Waals surface area contributed by atoms with Crippen LogP contribution in [0.2, 0.25) is 0 Å². The number of aromatic amines is 1. The van der Waals surface area contributed by atoms with Gasteiger partial charge in [-0.2, -0.15) is 5.10 Å². The van der Waals surface area contributed by atoms with Crippen LogP contribution < -0.4 is 11.2 Å². The summed E-state index contributed by atoms with van der Waals surface area (Å²) in [4.78, 5) is 26.2. The van der Waals surface area contributed by atoms with Crippen molar-refractivity contribution in [1.29, 1.82) is 0 Å². The number of aromatic hydroxyl groups is 1. The molecule has 0 unspecified atom stereocenters. The number of aromatic nitrogens is 2. The molecule has 1 aromatic carbocycles. The lowest BCUT2D eigenvalue weighted by Crippen LogP contribution is -2.32. The summed E-state index contributed by atoms with van der Waals surface area (Å²) in [5.41, 5.74) is -2.02. The molecule has 1 aromatic heterocycles. The zero-order valence-electron chi connectivity index (χ0n) is 13.6. The normalized spacial score (nSPS) is 15.5.